The number of aromatic nitrogens is 3. The van der Waals surface area contributed by atoms with E-state index in [0.29, 0.717) is 17.9 Å². The van der Waals surface area contributed by atoms with Gasteiger partial charge < -0.3 is 4.42 Å². The lowest BCUT2D eigenvalue weighted by molar-refractivity contribution is 0.102. The number of benzene rings is 1. The number of pyridine rings is 1. The Morgan fingerprint density at radius 1 is 1.05 bits per heavy atom. The van der Waals surface area contributed by atoms with Crippen molar-refractivity contribution in [3.63, 3.8) is 0 Å². The Morgan fingerprint density at radius 2 is 1.81 bits per heavy atom. The van der Waals surface area contributed by atoms with Gasteiger partial charge in [-0.1, -0.05) is 35.4 Å². The zero-order valence-corrected chi connectivity index (χ0v) is 11.1. The number of nitrogens with one attached hydrogen (secondary N) is 1. The lowest BCUT2D eigenvalue weighted by Crippen LogP contribution is -2.11. The van der Waals surface area contributed by atoms with Crippen LogP contribution < -0.4 is 5.32 Å². The number of hydrogen-bond donors (Lipinski definition) is 1. The smallest absolute Gasteiger partial charge is 0.322 e. The summed E-state index contributed by atoms with van der Waals surface area (Å²) in [4.78, 5) is 15.8. The first-order valence-corrected chi connectivity index (χ1v) is 6.39. The fraction of sp³-hybridized carbons (Fsp3) is 0.0667. The summed E-state index contributed by atoms with van der Waals surface area (Å²) in [5.74, 6) is 0.138. The maximum Gasteiger partial charge on any atom is 0.322 e. The Kier molecular flexibility index (Phi) is 3.68. The van der Waals surface area contributed by atoms with Crippen LogP contribution in [-0.2, 0) is 6.42 Å². The maximum atomic E-state index is 11.9. The van der Waals surface area contributed by atoms with Crippen molar-refractivity contribution in [1.82, 2.24) is 15.2 Å². The van der Waals surface area contributed by atoms with Crippen molar-refractivity contribution >= 4 is 11.9 Å². The third-order valence-electron chi connectivity index (χ3n) is 2.83. The van der Waals surface area contributed by atoms with Crippen LogP contribution in [0.4, 0.5) is 6.01 Å². The fourth-order valence-electron chi connectivity index (χ4n) is 1.82. The Labute approximate surface area is 120 Å². The van der Waals surface area contributed by atoms with E-state index in [0.717, 1.165) is 5.56 Å². The van der Waals surface area contributed by atoms with Gasteiger partial charge in [-0.2, -0.15) is 0 Å². The van der Waals surface area contributed by atoms with Gasteiger partial charge in [0.25, 0.3) is 5.91 Å². The standard InChI is InChI=1S/C15H12N4O2/c20-14(12-6-8-16-9-7-12)17-15-19-18-13(21-15)10-11-4-2-1-3-5-11/h1-9H,10H2,(H,17,19,20). The molecule has 0 atom stereocenters. The quantitative estimate of drug-likeness (QED) is 0.793. The molecule has 6 heteroatoms. The molecular weight excluding hydrogens is 268 g/mol. The summed E-state index contributed by atoms with van der Waals surface area (Å²) < 4.78 is 5.41. The average Bonchev–Trinajstić information content (AvgIpc) is 2.96. The molecule has 0 spiro atoms. The van der Waals surface area contributed by atoms with Crippen molar-refractivity contribution in [2.75, 3.05) is 5.32 Å². The Hall–Kier alpha value is -3.02. The maximum absolute atomic E-state index is 11.9. The minimum atomic E-state index is -0.313. The van der Waals surface area contributed by atoms with Gasteiger partial charge in [-0.3, -0.25) is 15.1 Å². The molecule has 3 rings (SSSR count). The van der Waals surface area contributed by atoms with Gasteiger partial charge in [0.15, 0.2) is 0 Å². The predicted octanol–water partition coefficient (Wildman–Crippen LogP) is 2.31. The van der Waals surface area contributed by atoms with Gasteiger partial charge in [0.1, 0.15) is 0 Å². The topological polar surface area (TPSA) is 80.9 Å². The summed E-state index contributed by atoms with van der Waals surface area (Å²) in [6, 6.07) is 13.1. The van der Waals surface area contributed by atoms with Crippen LogP contribution in [0.2, 0.25) is 0 Å². The Balaban J connectivity index is 1.67. The molecular formula is C15H12N4O2. The van der Waals surface area contributed by atoms with Crippen LogP contribution in [0, 0.1) is 0 Å². The van der Waals surface area contributed by atoms with Gasteiger partial charge in [0.05, 0.1) is 6.42 Å². The van der Waals surface area contributed by atoms with Crippen molar-refractivity contribution in [3.05, 3.63) is 71.9 Å². The Morgan fingerprint density at radius 3 is 2.57 bits per heavy atom. The number of hydrogen-bond acceptors (Lipinski definition) is 5. The van der Waals surface area contributed by atoms with Gasteiger partial charge in [0.2, 0.25) is 5.89 Å². The van der Waals surface area contributed by atoms with Crippen LogP contribution >= 0.6 is 0 Å². The van der Waals surface area contributed by atoms with Crippen molar-refractivity contribution < 1.29 is 9.21 Å². The van der Waals surface area contributed by atoms with E-state index in [9.17, 15) is 4.79 Å². The normalized spacial score (nSPS) is 10.3. The van der Waals surface area contributed by atoms with Gasteiger partial charge in [0, 0.05) is 18.0 Å². The largest absolute Gasteiger partial charge is 0.407 e. The highest BCUT2D eigenvalue weighted by Gasteiger charge is 2.11. The molecule has 0 unspecified atom stereocenters. The highest BCUT2D eigenvalue weighted by Crippen LogP contribution is 2.12. The van der Waals surface area contributed by atoms with E-state index in [1.807, 2.05) is 30.3 Å². The summed E-state index contributed by atoms with van der Waals surface area (Å²) >= 11 is 0. The van der Waals surface area contributed by atoms with Crippen LogP contribution in [0.25, 0.3) is 0 Å². The van der Waals surface area contributed by atoms with E-state index in [-0.39, 0.29) is 11.9 Å². The van der Waals surface area contributed by atoms with E-state index in [1.54, 1.807) is 24.5 Å². The first-order chi connectivity index (χ1) is 10.3. The van der Waals surface area contributed by atoms with Crippen LogP contribution in [0.1, 0.15) is 21.8 Å². The van der Waals surface area contributed by atoms with E-state index in [1.165, 1.54) is 0 Å². The molecule has 0 saturated heterocycles. The van der Waals surface area contributed by atoms with Crippen molar-refractivity contribution in [3.8, 4) is 0 Å². The molecule has 0 saturated carbocycles. The van der Waals surface area contributed by atoms with Crippen LogP contribution in [-0.4, -0.2) is 21.1 Å². The average molecular weight is 280 g/mol. The summed E-state index contributed by atoms with van der Waals surface area (Å²) in [5.41, 5.74) is 1.54. The number of carbonyl (C=O) groups is 1. The molecule has 2 heterocycles. The summed E-state index contributed by atoms with van der Waals surface area (Å²) in [6.45, 7) is 0. The molecule has 21 heavy (non-hydrogen) atoms. The molecule has 0 bridgehead atoms. The SMILES string of the molecule is O=C(Nc1nnc(Cc2ccccc2)o1)c1ccncc1. The minimum Gasteiger partial charge on any atom is -0.407 e. The first kappa shape index (κ1) is 13.0. The minimum absolute atomic E-state index is 0.0859. The zero-order chi connectivity index (χ0) is 14.5. The zero-order valence-electron chi connectivity index (χ0n) is 11.1. The molecule has 0 radical (unpaired) electrons. The molecule has 0 aliphatic heterocycles. The lowest BCUT2D eigenvalue weighted by Gasteiger charge is -1.99. The number of anilines is 1. The molecule has 1 amide bonds. The second-order valence-electron chi connectivity index (χ2n) is 4.35. The van der Waals surface area contributed by atoms with E-state index in [2.05, 4.69) is 20.5 Å². The molecule has 0 aliphatic rings. The highest BCUT2D eigenvalue weighted by atomic mass is 16.4. The van der Waals surface area contributed by atoms with Crippen LogP contribution in [0.15, 0.2) is 59.3 Å². The molecule has 3 aromatic rings. The second-order valence-corrected chi connectivity index (χ2v) is 4.35. The third kappa shape index (κ3) is 3.30. The molecule has 0 aliphatic carbocycles. The molecule has 6 nitrogen and oxygen atoms in total. The molecule has 2 aromatic heterocycles. The molecule has 104 valence electrons. The van der Waals surface area contributed by atoms with Crippen molar-refractivity contribution in [1.29, 1.82) is 0 Å². The van der Waals surface area contributed by atoms with Gasteiger partial charge in [-0.25, -0.2) is 0 Å². The molecule has 0 fully saturated rings. The van der Waals surface area contributed by atoms with E-state index in [4.69, 9.17) is 4.42 Å². The van der Waals surface area contributed by atoms with Crippen LogP contribution in [0.3, 0.4) is 0 Å². The molecule has 1 aromatic carbocycles. The number of amides is 1. The van der Waals surface area contributed by atoms with Gasteiger partial charge in [-0.05, 0) is 17.7 Å². The Bertz CT molecular complexity index is 726. The summed E-state index contributed by atoms with van der Waals surface area (Å²) in [5, 5.41) is 10.3. The van der Waals surface area contributed by atoms with E-state index >= 15 is 0 Å². The number of nitrogens with zero attached hydrogens (tertiary/aromatic N) is 3. The van der Waals surface area contributed by atoms with Crippen molar-refractivity contribution in [2.45, 2.75) is 6.42 Å². The summed E-state index contributed by atoms with van der Waals surface area (Å²) in [7, 11) is 0. The monoisotopic (exact) mass is 280 g/mol. The fourth-order valence-corrected chi connectivity index (χ4v) is 1.82. The second kappa shape index (κ2) is 5.96. The molecule has 1 N–H and O–H groups in total. The van der Waals surface area contributed by atoms with Crippen molar-refractivity contribution in [2.24, 2.45) is 0 Å². The summed E-state index contributed by atoms with van der Waals surface area (Å²) in [6.07, 6.45) is 3.62. The van der Waals surface area contributed by atoms with Crippen LogP contribution in [0.5, 0.6) is 0 Å². The highest BCUT2D eigenvalue weighted by molar-refractivity contribution is 6.02. The van der Waals surface area contributed by atoms with Gasteiger partial charge >= 0.3 is 6.01 Å². The van der Waals surface area contributed by atoms with E-state index < -0.39 is 0 Å². The third-order valence-corrected chi connectivity index (χ3v) is 2.83. The van der Waals surface area contributed by atoms with Gasteiger partial charge in [-0.15, -0.1) is 5.10 Å². The number of rotatable bonds is 4. The first-order valence-electron chi connectivity index (χ1n) is 6.39. The predicted molar refractivity (Wildman–Crippen MR) is 75.7 cm³/mol. The number of carbonyl (C=O) groups excluding carboxylic acids is 1. The lowest BCUT2D eigenvalue weighted by atomic mass is 10.2.